The average molecular weight is 272 g/mol. The molecule has 0 saturated heterocycles. The molecular formula is C16H24N4. The number of aromatic nitrogens is 2. The summed E-state index contributed by atoms with van der Waals surface area (Å²) < 4.78 is 1.93. The van der Waals surface area contributed by atoms with E-state index in [-0.39, 0.29) is 0 Å². The predicted molar refractivity (Wildman–Crippen MR) is 83.1 cm³/mol. The highest BCUT2D eigenvalue weighted by Gasteiger charge is 2.04. The second-order valence-electron chi connectivity index (χ2n) is 5.12. The minimum atomic E-state index is 0.931. The lowest BCUT2D eigenvalue weighted by atomic mass is 10.3. The summed E-state index contributed by atoms with van der Waals surface area (Å²) >= 11 is 0. The molecule has 0 unspecified atom stereocenters. The SMILES string of the molecule is CCCNCCN(C)Cc1cnn(-c2ccccc2)c1. The summed E-state index contributed by atoms with van der Waals surface area (Å²) in [7, 11) is 2.15. The van der Waals surface area contributed by atoms with Gasteiger partial charge < -0.3 is 10.2 Å². The molecule has 0 spiro atoms. The highest BCUT2D eigenvalue weighted by Crippen LogP contribution is 2.08. The fraction of sp³-hybridized carbons (Fsp3) is 0.438. The van der Waals surface area contributed by atoms with Crippen LogP contribution in [-0.4, -0.2) is 41.4 Å². The van der Waals surface area contributed by atoms with E-state index in [2.05, 4.69) is 47.6 Å². The molecule has 20 heavy (non-hydrogen) atoms. The zero-order valence-electron chi connectivity index (χ0n) is 12.4. The topological polar surface area (TPSA) is 33.1 Å². The number of nitrogens with one attached hydrogen (secondary N) is 1. The van der Waals surface area contributed by atoms with Crippen molar-refractivity contribution in [3.63, 3.8) is 0 Å². The van der Waals surface area contributed by atoms with Crippen molar-refractivity contribution in [2.75, 3.05) is 26.7 Å². The van der Waals surface area contributed by atoms with E-state index in [1.807, 2.05) is 29.1 Å². The lowest BCUT2D eigenvalue weighted by Crippen LogP contribution is -2.29. The van der Waals surface area contributed by atoms with Crippen LogP contribution in [0, 0.1) is 0 Å². The van der Waals surface area contributed by atoms with Gasteiger partial charge in [0.2, 0.25) is 0 Å². The molecule has 0 saturated carbocycles. The largest absolute Gasteiger partial charge is 0.315 e. The van der Waals surface area contributed by atoms with Crippen LogP contribution < -0.4 is 5.32 Å². The second-order valence-corrected chi connectivity index (χ2v) is 5.12. The summed E-state index contributed by atoms with van der Waals surface area (Å²) in [6.07, 6.45) is 5.24. The molecule has 0 aliphatic rings. The molecule has 0 aliphatic carbocycles. The Morgan fingerprint density at radius 3 is 2.75 bits per heavy atom. The third kappa shape index (κ3) is 4.47. The van der Waals surface area contributed by atoms with E-state index < -0.39 is 0 Å². The first kappa shape index (κ1) is 14.8. The zero-order valence-corrected chi connectivity index (χ0v) is 12.4. The van der Waals surface area contributed by atoms with Crippen molar-refractivity contribution in [3.8, 4) is 5.69 Å². The van der Waals surface area contributed by atoms with Crippen molar-refractivity contribution < 1.29 is 0 Å². The first-order chi connectivity index (χ1) is 9.79. The van der Waals surface area contributed by atoms with Crippen molar-refractivity contribution in [3.05, 3.63) is 48.3 Å². The molecule has 1 aromatic heterocycles. The van der Waals surface area contributed by atoms with Crippen molar-refractivity contribution >= 4 is 0 Å². The molecule has 0 atom stereocenters. The second kappa shape index (κ2) is 7.82. The predicted octanol–water partition coefficient (Wildman–Crippen LogP) is 2.30. The Morgan fingerprint density at radius 2 is 2.00 bits per heavy atom. The van der Waals surface area contributed by atoms with Gasteiger partial charge in [0, 0.05) is 31.4 Å². The van der Waals surface area contributed by atoms with Crippen molar-refractivity contribution in [2.45, 2.75) is 19.9 Å². The number of nitrogens with zero attached hydrogens (tertiary/aromatic N) is 3. The van der Waals surface area contributed by atoms with E-state index in [1.165, 1.54) is 12.0 Å². The average Bonchev–Trinajstić information content (AvgIpc) is 2.93. The molecule has 0 aliphatic heterocycles. The van der Waals surface area contributed by atoms with Crippen LogP contribution in [0.3, 0.4) is 0 Å². The van der Waals surface area contributed by atoms with Gasteiger partial charge in [-0.3, -0.25) is 0 Å². The van der Waals surface area contributed by atoms with E-state index in [9.17, 15) is 0 Å². The Hall–Kier alpha value is -1.65. The van der Waals surface area contributed by atoms with E-state index in [0.717, 1.165) is 31.9 Å². The summed E-state index contributed by atoms with van der Waals surface area (Å²) in [6, 6.07) is 10.2. The van der Waals surface area contributed by atoms with Crippen molar-refractivity contribution in [1.82, 2.24) is 20.0 Å². The summed E-state index contributed by atoms with van der Waals surface area (Å²) in [5.41, 5.74) is 2.35. The van der Waals surface area contributed by atoms with E-state index >= 15 is 0 Å². The van der Waals surface area contributed by atoms with Crippen LogP contribution in [0.15, 0.2) is 42.7 Å². The van der Waals surface area contributed by atoms with Gasteiger partial charge in [0.05, 0.1) is 11.9 Å². The Morgan fingerprint density at radius 1 is 1.20 bits per heavy atom. The molecule has 2 rings (SSSR count). The maximum Gasteiger partial charge on any atom is 0.0645 e. The van der Waals surface area contributed by atoms with E-state index in [0.29, 0.717) is 0 Å². The fourth-order valence-electron chi connectivity index (χ4n) is 2.13. The van der Waals surface area contributed by atoms with Gasteiger partial charge in [0.25, 0.3) is 0 Å². The maximum atomic E-state index is 4.42. The van der Waals surface area contributed by atoms with Gasteiger partial charge in [-0.05, 0) is 32.1 Å². The maximum absolute atomic E-state index is 4.42. The molecule has 108 valence electrons. The Labute approximate surface area is 121 Å². The highest BCUT2D eigenvalue weighted by molar-refractivity contribution is 5.30. The lowest BCUT2D eigenvalue weighted by molar-refractivity contribution is 0.324. The minimum Gasteiger partial charge on any atom is -0.315 e. The van der Waals surface area contributed by atoms with Crippen LogP contribution in [0.5, 0.6) is 0 Å². The van der Waals surface area contributed by atoms with Crippen LogP contribution in [0.25, 0.3) is 5.69 Å². The lowest BCUT2D eigenvalue weighted by Gasteiger charge is -2.15. The molecule has 1 aromatic carbocycles. The number of likely N-dealkylation sites (N-methyl/N-ethyl adjacent to an activating group) is 1. The molecule has 4 heteroatoms. The van der Waals surface area contributed by atoms with Gasteiger partial charge in [-0.2, -0.15) is 5.10 Å². The van der Waals surface area contributed by atoms with Crippen molar-refractivity contribution in [2.24, 2.45) is 0 Å². The molecule has 1 N–H and O–H groups in total. The monoisotopic (exact) mass is 272 g/mol. The van der Waals surface area contributed by atoms with E-state index in [1.54, 1.807) is 0 Å². The van der Waals surface area contributed by atoms with Crippen LogP contribution in [0.4, 0.5) is 0 Å². The smallest absolute Gasteiger partial charge is 0.0645 e. The molecule has 0 radical (unpaired) electrons. The zero-order chi connectivity index (χ0) is 14.2. The number of hydrogen-bond acceptors (Lipinski definition) is 3. The van der Waals surface area contributed by atoms with Gasteiger partial charge in [0.1, 0.15) is 0 Å². The number of hydrogen-bond donors (Lipinski definition) is 1. The molecular weight excluding hydrogens is 248 g/mol. The Bertz CT molecular complexity index is 492. The summed E-state index contributed by atoms with van der Waals surface area (Å²) in [5, 5.41) is 7.84. The first-order valence-electron chi connectivity index (χ1n) is 7.28. The van der Waals surface area contributed by atoms with Crippen LogP contribution >= 0.6 is 0 Å². The number of para-hydroxylation sites is 1. The normalized spacial score (nSPS) is 11.2. The summed E-state index contributed by atoms with van der Waals surface area (Å²) in [4.78, 5) is 2.31. The van der Waals surface area contributed by atoms with Gasteiger partial charge in [-0.15, -0.1) is 0 Å². The fourth-order valence-corrected chi connectivity index (χ4v) is 2.13. The molecule has 2 aromatic rings. The van der Waals surface area contributed by atoms with Gasteiger partial charge in [-0.25, -0.2) is 4.68 Å². The van der Waals surface area contributed by atoms with Gasteiger partial charge in [-0.1, -0.05) is 25.1 Å². The van der Waals surface area contributed by atoms with Crippen molar-refractivity contribution in [1.29, 1.82) is 0 Å². The standard InChI is InChI=1S/C16H24N4/c1-3-9-17-10-11-19(2)13-15-12-18-20(14-15)16-7-5-4-6-8-16/h4-8,12,14,17H,3,9-11,13H2,1-2H3. The Balaban J connectivity index is 1.83. The third-order valence-corrected chi connectivity index (χ3v) is 3.21. The number of benzene rings is 1. The molecule has 1 heterocycles. The first-order valence-corrected chi connectivity index (χ1v) is 7.28. The van der Waals surface area contributed by atoms with Crippen LogP contribution in [0.1, 0.15) is 18.9 Å². The quantitative estimate of drug-likeness (QED) is 0.749. The van der Waals surface area contributed by atoms with Gasteiger partial charge >= 0.3 is 0 Å². The molecule has 4 nitrogen and oxygen atoms in total. The third-order valence-electron chi connectivity index (χ3n) is 3.21. The Kier molecular flexibility index (Phi) is 5.77. The summed E-state index contributed by atoms with van der Waals surface area (Å²) in [6.45, 7) is 6.31. The minimum absolute atomic E-state index is 0.931. The van der Waals surface area contributed by atoms with Crippen LogP contribution in [0.2, 0.25) is 0 Å². The molecule has 0 fully saturated rings. The van der Waals surface area contributed by atoms with Gasteiger partial charge in [0.15, 0.2) is 0 Å². The molecule has 0 bridgehead atoms. The molecule has 0 amide bonds. The summed E-state index contributed by atoms with van der Waals surface area (Å²) in [5.74, 6) is 0. The highest BCUT2D eigenvalue weighted by atomic mass is 15.3. The van der Waals surface area contributed by atoms with E-state index in [4.69, 9.17) is 0 Å². The van der Waals surface area contributed by atoms with Crippen LogP contribution in [-0.2, 0) is 6.54 Å². The number of rotatable bonds is 8.